The van der Waals surface area contributed by atoms with E-state index >= 15 is 0 Å². The minimum absolute atomic E-state index is 0.203. The van der Waals surface area contributed by atoms with Gasteiger partial charge in [-0.3, -0.25) is 9.78 Å². The van der Waals surface area contributed by atoms with Crippen molar-refractivity contribution >= 4 is 17.0 Å². The summed E-state index contributed by atoms with van der Waals surface area (Å²) >= 11 is 0. The first kappa shape index (κ1) is 15.8. The van der Waals surface area contributed by atoms with Gasteiger partial charge in [0.1, 0.15) is 0 Å². The molecule has 3 rings (SSSR count). The van der Waals surface area contributed by atoms with Gasteiger partial charge in [-0.15, -0.1) is 0 Å². The molecule has 0 radical (unpaired) electrons. The minimum Gasteiger partial charge on any atom is -0.466 e. The van der Waals surface area contributed by atoms with E-state index in [9.17, 15) is 4.79 Å². The van der Waals surface area contributed by atoms with Crippen LogP contribution in [0.25, 0.3) is 16.7 Å². The van der Waals surface area contributed by atoms with Crippen molar-refractivity contribution in [1.29, 1.82) is 5.26 Å². The number of ether oxygens (including phenoxy) is 1. The number of aromatic nitrogens is 2. The highest BCUT2D eigenvalue weighted by atomic mass is 16.5. The average Bonchev–Trinajstić information content (AvgIpc) is 2.90. The van der Waals surface area contributed by atoms with Crippen LogP contribution in [0.3, 0.4) is 0 Å². The third-order valence-electron chi connectivity index (χ3n) is 3.80. The van der Waals surface area contributed by atoms with E-state index in [-0.39, 0.29) is 12.4 Å². The van der Waals surface area contributed by atoms with Crippen molar-refractivity contribution < 1.29 is 9.53 Å². The number of nitrogens with zero attached hydrogens (tertiary/aromatic N) is 3. The Hall–Kier alpha value is -3.13. The molecule has 1 aromatic carbocycles. The van der Waals surface area contributed by atoms with Crippen molar-refractivity contribution in [2.24, 2.45) is 0 Å². The van der Waals surface area contributed by atoms with Crippen LogP contribution in [0.1, 0.15) is 23.7 Å². The van der Waals surface area contributed by atoms with Gasteiger partial charge >= 0.3 is 5.97 Å². The maximum atomic E-state index is 11.7. The molecular formula is C19H17N3O2. The van der Waals surface area contributed by atoms with E-state index in [1.54, 1.807) is 25.3 Å². The molecule has 2 aromatic heterocycles. The van der Waals surface area contributed by atoms with Crippen LogP contribution >= 0.6 is 0 Å². The summed E-state index contributed by atoms with van der Waals surface area (Å²) in [5, 5.41) is 8.94. The summed E-state index contributed by atoms with van der Waals surface area (Å²) in [6.07, 6.45) is 1.91. The zero-order valence-corrected chi connectivity index (χ0v) is 13.6. The third kappa shape index (κ3) is 2.99. The van der Waals surface area contributed by atoms with Crippen LogP contribution in [0.5, 0.6) is 0 Å². The average molecular weight is 319 g/mol. The van der Waals surface area contributed by atoms with Gasteiger partial charge in [-0.2, -0.15) is 5.26 Å². The molecule has 2 heterocycles. The second-order valence-electron chi connectivity index (χ2n) is 5.51. The van der Waals surface area contributed by atoms with E-state index < -0.39 is 0 Å². The number of esters is 1. The SMILES string of the molecule is CCOC(=O)Cc1cnc2cc(C)n(-c3ccc(C#N)cc3)c2c1. The largest absolute Gasteiger partial charge is 0.466 e. The zero-order chi connectivity index (χ0) is 17.1. The Bertz CT molecular complexity index is 934. The zero-order valence-electron chi connectivity index (χ0n) is 13.6. The molecule has 0 aliphatic heterocycles. The van der Waals surface area contributed by atoms with Crippen molar-refractivity contribution in [3.63, 3.8) is 0 Å². The molecule has 0 N–H and O–H groups in total. The molecule has 5 heteroatoms. The Labute approximate surface area is 140 Å². The molecule has 5 nitrogen and oxygen atoms in total. The van der Waals surface area contributed by atoms with E-state index in [0.29, 0.717) is 12.2 Å². The number of aryl methyl sites for hydroxylation is 1. The normalized spacial score (nSPS) is 10.5. The number of hydrogen-bond donors (Lipinski definition) is 0. The fraction of sp³-hybridized carbons (Fsp3) is 0.211. The van der Waals surface area contributed by atoms with E-state index in [1.807, 2.05) is 31.2 Å². The van der Waals surface area contributed by atoms with Gasteiger partial charge in [-0.25, -0.2) is 0 Å². The number of fused-ring (bicyclic) bond motifs is 1. The summed E-state index contributed by atoms with van der Waals surface area (Å²) in [4.78, 5) is 16.1. The first-order valence-electron chi connectivity index (χ1n) is 7.75. The molecule has 3 aromatic rings. The predicted molar refractivity (Wildman–Crippen MR) is 90.9 cm³/mol. The summed E-state index contributed by atoms with van der Waals surface area (Å²) in [6, 6.07) is 13.5. The smallest absolute Gasteiger partial charge is 0.310 e. The van der Waals surface area contributed by atoms with Crippen LogP contribution in [-0.2, 0) is 16.0 Å². The predicted octanol–water partition coefficient (Wildman–Crippen LogP) is 3.31. The van der Waals surface area contributed by atoms with Crippen LogP contribution in [0.15, 0.2) is 42.6 Å². The highest BCUT2D eigenvalue weighted by Gasteiger charge is 2.11. The van der Waals surface area contributed by atoms with E-state index in [0.717, 1.165) is 28.0 Å². The summed E-state index contributed by atoms with van der Waals surface area (Å²) in [7, 11) is 0. The van der Waals surface area contributed by atoms with Gasteiger partial charge in [0, 0.05) is 17.6 Å². The maximum Gasteiger partial charge on any atom is 0.310 e. The van der Waals surface area contributed by atoms with E-state index in [4.69, 9.17) is 10.00 Å². The molecule has 0 aliphatic carbocycles. The maximum absolute atomic E-state index is 11.7. The van der Waals surface area contributed by atoms with Crippen molar-refractivity contribution in [1.82, 2.24) is 9.55 Å². The van der Waals surface area contributed by atoms with Gasteiger partial charge < -0.3 is 9.30 Å². The Morgan fingerprint density at radius 3 is 2.71 bits per heavy atom. The molecule has 0 atom stereocenters. The number of carbonyl (C=O) groups excluding carboxylic acids is 1. The first-order valence-corrected chi connectivity index (χ1v) is 7.75. The summed E-state index contributed by atoms with van der Waals surface area (Å²) in [5.41, 5.74) is 5.22. The van der Waals surface area contributed by atoms with Crippen LogP contribution in [-0.4, -0.2) is 22.1 Å². The monoisotopic (exact) mass is 319 g/mol. The molecule has 120 valence electrons. The highest BCUT2D eigenvalue weighted by molar-refractivity contribution is 5.81. The fourth-order valence-electron chi connectivity index (χ4n) is 2.75. The third-order valence-corrected chi connectivity index (χ3v) is 3.80. The molecule has 0 amide bonds. The lowest BCUT2D eigenvalue weighted by molar-refractivity contribution is -0.142. The second-order valence-corrected chi connectivity index (χ2v) is 5.51. The molecule has 0 aliphatic rings. The Morgan fingerprint density at radius 1 is 1.29 bits per heavy atom. The van der Waals surface area contributed by atoms with E-state index in [2.05, 4.69) is 15.6 Å². The van der Waals surface area contributed by atoms with E-state index in [1.165, 1.54) is 0 Å². The molecule has 0 spiro atoms. The second kappa shape index (κ2) is 6.55. The lowest BCUT2D eigenvalue weighted by Gasteiger charge is -2.09. The quantitative estimate of drug-likeness (QED) is 0.692. The van der Waals surface area contributed by atoms with Crippen molar-refractivity contribution in [2.75, 3.05) is 6.61 Å². The van der Waals surface area contributed by atoms with Gasteiger partial charge in [0.2, 0.25) is 0 Å². The number of nitriles is 1. The van der Waals surface area contributed by atoms with Gasteiger partial charge in [0.05, 0.1) is 35.7 Å². The van der Waals surface area contributed by atoms with Crippen LogP contribution in [0.4, 0.5) is 0 Å². The lowest BCUT2D eigenvalue weighted by atomic mass is 10.2. The van der Waals surface area contributed by atoms with Gasteiger partial charge in [0.25, 0.3) is 0 Å². The summed E-state index contributed by atoms with van der Waals surface area (Å²) < 4.78 is 7.07. The van der Waals surface area contributed by atoms with Gasteiger partial charge in [-0.05, 0) is 55.8 Å². The number of benzene rings is 1. The van der Waals surface area contributed by atoms with Gasteiger partial charge in [-0.1, -0.05) is 0 Å². The number of pyridine rings is 1. The van der Waals surface area contributed by atoms with Crippen molar-refractivity contribution in [3.8, 4) is 11.8 Å². The first-order chi connectivity index (χ1) is 11.6. The topological polar surface area (TPSA) is 67.9 Å². The molecule has 0 fully saturated rings. The van der Waals surface area contributed by atoms with Crippen LogP contribution in [0.2, 0.25) is 0 Å². The summed E-state index contributed by atoms with van der Waals surface area (Å²) in [5.74, 6) is -0.258. The summed E-state index contributed by atoms with van der Waals surface area (Å²) in [6.45, 7) is 4.17. The highest BCUT2D eigenvalue weighted by Crippen LogP contribution is 2.24. The number of rotatable bonds is 4. The Kier molecular flexibility index (Phi) is 4.30. The molecule has 0 bridgehead atoms. The van der Waals surface area contributed by atoms with Crippen molar-refractivity contribution in [3.05, 3.63) is 59.4 Å². The van der Waals surface area contributed by atoms with Gasteiger partial charge in [0.15, 0.2) is 0 Å². The minimum atomic E-state index is -0.258. The van der Waals surface area contributed by atoms with Crippen molar-refractivity contribution in [2.45, 2.75) is 20.3 Å². The molecule has 24 heavy (non-hydrogen) atoms. The number of carbonyl (C=O) groups is 1. The Morgan fingerprint density at radius 2 is 2.04 bits per heavy atom. The Balaban J connectivity index is 2.05. The van der Waals surface area contributed by atoms with Crippen LogP contribution in [0, 0.1) is 18.3 Å². The molecule has 0 unspecified atom stereocenters. The fourth-order valence-corrected chi connectivity index (χ4v) is 2.75. The molecule has 0 saturated carbocycles. The standard InChI is InChI=1S/C19H17N3O2/c1-3-24-19(23)10-15-9-18-17(21-12-15)8-13(2)22(18)16-6-4-14(11-20)5-7-16/h4-9,12H,3,10H2,1-2H3. The number of hydrogen-bond acceptors (Lipinski definition) is 4. The molecule has 0 saturated heterocycles. The lowest BCUT2D eigenvalue weighted by Crippen LogP contribution is -2.07. The van der Waals surface area contributed by atoms with Crippen LogP contribution < -0.4 is 0 Å². The molecular weight excluding hydrogens is 302 g/mol.